The number of hydrogen-bond acceptors (Lipinski definition) is 4. The van der Waals surface area contributed by atoms with E-state index in [4.69, 9.17) is 4.84 Å². The van der Waals surface area contributed by atoms with Crippen LogP contribution in [-0.2, 0) is 12.6 Å². The van der Waals surface area contributed by atoms with Gasteiger partial charge in [0.2, 0.25) is 0 Å². The lowest BCUT2D eigenvalue weighted by Crippen LogP contribution is -2.34. The third-order valence-electron chi connectivity index (χ3n) is 4.50. The summed E-state index contributed by atoms with van der Waals surface area (Å²) in [6, 6.07) is 12.6. The molecule has 1 N–H and O–H groups in total. The summed E-state index contributed by atoms with van der Waals surface area (Å²) >= 11 is 0. The fraction of sp³-hybridized carbons (Fsp3) is 0.143. The topological polar surface area (TPSA) is 54.5 Å². The van der Waals surface area contributed by atoms with Crippen molar-refractivity contribution >= 4 is 17.3 Å². The van der Waals surface area contributed by atoms with Gasteiger partial charge >= 0.3 is 6.18 Å². The lowest BCUT2D eigenvalue weighted by atomic mass is 10.1. The molecule has 0 spiro atoms. The summed E-state index contributed by atoms with van der Waals surface area (Å²) < 4.78 is 39.5. The number of pyridine rings is 1. The molecule has 0 aliphatic carbocycles. The van der Waals surface area contributed by atoms with E-state index in [1.165, 1.54) is 36.7 Å². The Kier molecular flexibility index (Phi) is 4.84. The smallest absolute Gasteiger partial charge is 0.384 e. The summed E-state index contributed by atoms with van der Waals surface area (Å²) in [4.78, 5) is 22.7. The zero-order valence-electron chi connectivity index (χ0n) is 15.1. The number of anilines is 2. The van der Waals surface area contributed by atoms with E-state index in [0.29, 0.717) is 5.56 Å². The maximum absolute atomic E-state index is 13.2. The van der Waals surface area contributed by atoms with Gasteiger partial charge < -0.3 is 10.2 Å². The van der Waals surface area contributed by atoms with Gasteiger partial charge in [-0.2, -0.15) is 13.2 Å². The summed E-state index contributed by atoms with van der Waals surface area (Å²) in [5.41, 5.74) is 1.34. The van der Waals surface area contributed by atoms with E-state index in [9.17, 15) is 18.0 Å². The second-order valence-electron chi connectivity index (χ2n) is 6.47. The van der Waals surface area contributed by atoms with Crippen molar-refractivity contribution in [3.8, 4) is 5.75 Å². The van der Waals surface area contributed by atoms with Crippen LogP contribution in [0.15, 0.2) is 67.0 Å². The van der Waals surface area contributed by atoms with Crippen molar-refractivity contribution in [3.63, 3.8) is 0 Å². The molecular formula is C21H16F3N3O2. The quantitative estimate of drug-likeness (QED) is 0.646. The standard InChI is InChI=1S/C21H16F3N3O2/c22-21(23,24)16-2-1-3-17(13-16)27(29-18-7-9-25-10-8-18)20(28)15-4-5-19-14(12-15)6-11-26-19/h1-5,7-10,12-13,26H,6,11H2. The van der Waals surface area contributed by atoms with Gasteiger partial charge in [-0.25, -0.2) is 0 Å². The lowest BCUT2D eigenvalue weighted by Gasteiger charge is -2.23. The number of rotatable bonds is 4. The van der Waals surface area contributed by atoms with E-state index >= 15 is 0 Å². The van der Waals surface area contributed by atoms with Crippen LogP contribution in [0.3, 0.4) is 0 Å². The van der Waals surface area contributed by atoms with Crippen molar-refractivity contribution in [3.05, 3.63) is 83.7 Å². The van der Waals surface area contributed by atoms with Crippen molar-refractivity contribution in [2.24, 2.45) is 0 Å². The summed E-state index contributed by atoms with van der Waals surface area (Å²) in [6.07, 6.45) is -0.845. The van der Waals surface area contributed by atoms with Crippen molar-refractivity contribution in [1.29, 1.82) is 0 Å². The number of aromatic nitrogens is 1. The Bertz CT molecular complexity index is 1040. The Labute approximate surface area is 164 Å². The van der Waals surface area contributed by atoms with Gasteiger partial charge in [0.15, 0.2) is 5.75 Å². The molecule has 0 unspecified atom stereocenters. The Morgan fingerprint density at radius 2 is 1.86 bits per heavy atom. The molecule has 2 heterocycles. The van der Waals surface area contributed by atoms with Crippen LogP contribution in [0.25, 0.3) is 0 Å². The van der Waals surface area contributed by atoms with Gasteiger partial charge in [-0.15, -0.1) is 5.06 Å². The number of carbonyl (C=O) groups excluding carboxylic acids is 1. The summed E-state index contributed by atoms with van der Waals surface area (Å²) in [5, 5.41) is 4.07. The molecule has 0 bridgehead atoms. The van der Waals surface area contributed by atoms with E-state index in [-0.39, 0.29) is 11.4 Å². The normalized spacial score (nSPS) is 12.8. The zero-order valence-corrected chi connectivity index (χ0v) is 15.1. The average Bonchev–Trinajstić information content (AvgIpc) is 3.19. The van der Waals surface area contributed by atoms with Gasteiger partial charge in [0.25, 0.3) is 5.91 Å². The summed E-state index contributed by atoms with van der Waals surface area (Å²) in [5.74, 6) is -0.301. The first-order valence-electron chi connectivity index (χ1n) is 8.88. The fourth-order valence-corrected chi connectivity index (χ4v) is 3.08. The minimum absolute atomic E-state index is 0.0275. The monoisotopic (exact) mass is 399 g/mol. The predicted molar refractivity (Wildman–Crippen MR) is 102 cm³/mol. The third-order valence-corrected chi connectivity index (χ3v) is 4.50. The Hall–Kier alpha value is -3.55. The Morgan fingerprint density at radius 1 is 1.07 bits per heavy atom. The van der Waals surface area contributed by atoms with E-state index in [0.717, 1.165) is 41.4 Å². The van der Waals surface area contributed by atoms with Crippen LogP contribution in [-0.4, -0.2) is 17.4 Å². The van der Waals surface area contributed by atoms with Crippen LogP contribution in [0.1, 0.15) is 21.5 Å². The summed E-state index contributed by atoms with van der Waals surface area (Å²) in [7, 11) is 0. The Morgan fingerprint density at radius 3 is 2.62 bits per heavy atom. The van der Waals surface area contributed by atoms with Crippen LogP contribution in [0.2, 0.25) is 0 Å². The molecule has 8 heteroatoms. The predicted octanol–water partition coefficient (Wildman–Crippen LogP) is 4.71. The molecule has 5 nitrogen and oxygen atoms in total. The molecule has 0 fully saturated rings. The third kappa shape index (κ3) is 4.01. The van der Waals surface area contributed by atoms with E-state index in [2.05, 4.69) is 10.3 Å². The van der Waals surface area contributed by atoms with Crippen LogP contribution >= 0.6 is 0 Å². The first-order chi connectivity index (χ1) is 13.9. The van der Waals surface area contributed by atoms with Crippen LogP contribution in [0, 0.1) is 0 Å². The molecule has 3 aromatic rings. The highest BCUT2D eigenvalue weighted by atomic mass is 19.4. The number of hydrogen-bond donors (Lipinski definition) is 1. The molecule has 1 aliphatic heterocycles. The van der Waals surface area contributed by atoms with Gasteiger partial charge in [0.1, 0.15) is 0 Å². The van der Waals surface area contributed by atoms with Crippen molar-refractivity contribution in [1.82, 2.24) is 4.98 Å². The minimum atomic E-state index is -4.54. The minimum Gasteiger partial charge on any atom is -0.384 e. The largest absolute Gasteiger partial charge is 0.416 e. The van der Waals surface area contributed by atoms with Crippen molar-refractivity contribution < 1.29 is 22.8 Å². The second-order valence-corrected chi connectivity index (χ2v) is 6.47. The molecule has 2 aromatic carbocycles. The maximum Gasteiger partial charge on any atom is 0.416 e. The Balaban J connectivity index is 1.73. The second kappa shape index (κ2) is 7.46. The van der Waals surface area contributed by atoms with Crippen LogP contribution < -0.4 is 15.2 Å². The fourth-order valence-electron chi connectivity index (χ4n) is 3.08. The molecule has 0 saturated carbocycles. The molecule has 0 saturated heterocycles. The number of nitrogens with one attached hydrogen (secondary N) is 1. The number of halogens is 3. The molecule has 1 amide bonds. The molecule has 1 aromatic heterocycles. The summed E-state index contributed by atoms with van der Waals surface area (Å²) in [6.45, 7) is 0.776. The van der Waals surface area contributed by atoms with Crippen molar-refractivity contribution in [2.45, 2.75) is 12.6 Å². The first kappa shape index (κ1) is 18.8. The number of fused-ring (bicyclic) bond motifs is 1. The zero-order chi connectivity index (χ0) is 20.4. The molecule has 4 rings (SSSR count). The molecule has 148 valence electrons. The van der Waals surface area contributed by atoms with Crippen LogP contribution in [0.4, 0.5) is 24.5 Å². The molecular weight excluding hydrogens is 383 g/mol. The molecule has 0 radical (unpaired) electrons. The highest BCUT2D eigenvalue weighted by molar-refractivity contribution is 6.05. The highest BCUT2D eigenvalue weighted by Crippen LogP contribution is 2.33. The number of nitrogens with zero attached hydrogens (tertiary/aromatic N) is 2. The number of benzene rings is 2. The van der Waals surface area contributed by atoms with Crippen molar-refractivity contribution in [2.75, 3.05) is 16.9 Å². The molecule has 0 atom stereocenters. The van der Waals surface area contributed by atoms with Gasteiger partial charge in [0, 0.05) is 42.3 Å². The van der Waals surface area contributed by atoms with E-state index in [1.54, 1.807) is 18.2 Å². The first-order valence-corrected chi connectivity index (χ1v) is 8.88. The molecule has 29 heavy (non-hydrogen) atoms. The van der Waals surface area contributed by atoms with E-state index in [1.807, 2.05) is 0 Å². The number of hydroxylamine groups is 1. The van der Waals surface area contributed by atoms with Gasteiger partial charge in [-0.3, -0.25) is 9.78 Å². The number of alkyl halides is 3. The molecule has 1 aliphatic rings. The van der Waals surface area contributed by atoms with Gasteiger partial charge in [0.05, 0.1) is 11.3 Å². The van der Waals surface area contributed by atoms with Gasteiger partial charge in [-0.1, -0.05) is 6.07 Å². The maximum atomic E-state index is 13.2. The van der Waals surface area contributed by atoms with Gasteiger partial charge in [-0.05, 0) is 48.4 Å². The van der Waals surface area contributed by atoms with Crippen LogP contribution in [0.5, 0.6) is 5.75 Å². The average molecular weight is 399 g/mol. The SMILES string of the molecule is O=C(c1ccc2c(c1)CCN2)N(Oc1ccncc1)c1cccc(C(F)(F)F)c1. The highest BCUT2D eigenvalue weighted by Gasteiger charge is 2.32. The number of amides is 1. The number of carbonyl (C=O) groups is 1. The van der Waals surface area contributed by atoms with E-state index < -0.39 is 17.6 Å². The lowest BCUT2D eigenvalue weighted by molar-refractivity contribution is -0.137.